The van der Waals surface area contributed by atoms with Gasteiger partial charge in [-0.1, -0.05) is 77.8 Å². The lowest BCUT2D eigenvalue weighted by Gasteiger charge is -2.35. The lowest BCUT2D eigenvalue weighted by molar-refractivity contribution is -0.147. The maximum atomic E-state index is 14.8. The summed E-state index contributed by atoms with van der Waals surface area (Å²) in [6, 6.07) is 23.3. The molecule has 14 nitrogen and oxygen atoms in total. The van der Waals surface area contributed by atoms with Crippen molar-refractivity contribution in [1.29, 1.82) is 0 Å². The van der Waals surface area contributed by atoms with Gasteiger partial charge in [0.2, 0.25) is 29.5 Å². The number of carbonyl (C=O) groups is 6. The average Bonchev–Trinajstić information content (AvgIpc) is 3.26. The van der Waals surface area contributed by atoms with E-state index in [0.29, 0.717) is 15.6 Å². The number of halogens is 2. The summed E-state index contributed by atoms with van der Waals surface area (Å²) in [5.74, 6) is -4.12. The normalized spacial score (nSPS) is 21.0. The second kappa shape index (κ2) is 22.4. The smallest absolute Gasteiger partial charge is 0.335 e. The average molecular weight is 903 g/mol. The molecular formula is C47H53Cl2N5O9. The zero-order valence-electron chi connectivity index (χ0n) is 35.9. The number of carboxylic acids is 1. The van der Waals surface area contributed by atoms with Crippen molar-refractivity contribution in [3.8, 4) is 11.5 Å². The zero-order chi connectivity index (χ0) is 45.8. The highest BCUT2D eigenvalue weighted by atomic mass is 35.5. The summed E-state index contributed by atoms with van der Waals surface area (Å²) in [5, 5.41) is 16.1. The van der Waals surface area contributed by atoms with Gasteiger partial charge in [0.1, 0.15) is 23.6 Å². The molecule has 63 heavy (non-hydrogen) atoms. The minimum Gasteiger partial charge on any atom is -0.478 e. The minimum absolute atomic E-state index is 0.0120. The van der Waals surface area contributed by atoms with E-state index in [2.05, 4.69) is 10.6 Å². The van der Waals surface area contributed by atoms with Crippen LogP contribution in [0.4, 0.5) is 0 Å². The van der Waals surface area contributed by atoms with Gasteiger partial charge in [-0.25, -0.2) is 4.79 Å². The molecule has 1 heterocycles. The zero-order valence-corrected chi connectivity index (χ0v) is 37.4. The van der Waals surface area contributed by atoms with E-state index >= 15 is 0 Å². The van der Waals surface area contributed by atoms with Crippen LogP contribution < -0.4 is 15.4 Å². The van der Waals surface area contributed by atoms with Crippen LogP contribution in [-0.4, -0.2) is 114 Å². The van der Waals surface area contributed by atoms with Gasteiger partial charge in [0.25, 0.3) is 0 Å². The number of likely N-dealkylation sites (N-methyl/N-ethyl adjacent to an activating group) is 2. The van der Waals surface area contributed by atoms with Gasteiger partial charge in [-0.05, 0) is 80.3 Å². The molecule has 5 atom stereocenters. The highest BCUT2D eigenvalue weighted by molar-refractivity contribution is 6.31. The number of hydrogen-bond acceptors (Lipinski definition) is 8. The summed E-state index contributed by atoms with van der Waals surface area (Å²) in [4.78, 5) is 87.6. The van der Waals surface area contributed by atoms with Gasteiger partial charge in [0, 0.05) is 68.3 Å². The van der Waals surface area contributed by atoms with Crippen molar-refractivity contribution in [1.82, 2.24) is 25.3 Å². The van der Waals surface area contributed by atoms with E-state index in [-0.39, 0.29) is 74.3 Å². The summed E-state index contributed by atoms with van der Waals surface area (Å²) in [6.07, 6.45) is 0.0705. The van der Waals surface area contributed by atoms with E-state index < -0.39 is 53.8 Å². The van der Waals surface area contributed by atoms with Crippen LogP contribution in [0.1, 0.15) is 53.7 Å². The molecule has 16 heteroatoms. The Labute approximate surface area is 377 Å². The van der Waals surface area contributed by atoms with Crippen molar-refractivity contribution in [2.24, 2.45) is 5.92 Å². The summed E-state index contributed by atoms with van der Waals surface area (Å²) in [6.45, 7) is 2.97. The Morgan fingerprint density at radius 3 is 2.16 bits per heavy atom. The molecule has 0 aliphatic carbocycles. The second-order valence-electron chi connectivity index (χ2n) is 15.7. The quantitative estimate of drug-likeness (QED) is 0.163. The molecule has 0 saturated carbocycles. The van der Waals surface area contributed by atoms with Crippen molar-refractivity contribution in [3.63, 3.8) is 0 Å². The number of nitrogens with one attached hydrogen (secondary N) is 2. The van der Waals surface area contributed by atoms with Gasteiger partial charge in [-0.15, -0.1) is 0 Å². The maximum absolute atomic E-state index is 14.8. The summed E-state index contributed by atoms with van der Waals surface area (Å²) < 4.78 is 11.6. The summed E-state index contributed by atoms with van der Waals surface area (Å²) in [7, 11) is 4.56. The number of hydrogen-bond donors (Lipinski definition) is 3. The van der Waals surface area contributed by atoms with E-state index in [4.69, 9.17) is 32.7 Å². The second-order valence-corrected chi connectivity index (χ2v) is 16.6. The molecular weight excluding hydrogens is 849 g/mol. The third-order valence-corrected chi connectivity index (χ3v) is 11.7. The van der Waals surface area contributed by atoms with E-state index in [9.17, 15) is 33.9 Å². The Hall–Kier alpha value is -5.96. The molecule has 4 aromatic carbocycles. The third-order valence-electron chi connectivity index (χ3n) is 11.2. The summed E-state index contributed by atoms with van der Waals surface area (Å²) >= 11 is 12.6. The first kappa shape index (κ1) is 48.1. The monoisotopic (exact) mass is 901 g/mol. The fraction of sp³-hybridized carbons (Fsp3) is 0.362. The number of aromatic carboxylic acids is 1. The Kier molecular flexibility index (Phi) is 17.1. The molecule has 0 radical (unpaired) electrons. The fourth-order valence-electron chi connectivity index (χ4n) is 7.30. The van der Waals surface area contributed by atoms with Crippen LogP contribution in [0.5, 0.6) is 11.5 Å². The molecule has 0 unspecified atom stereocenters. The van der Waals surface area contributed by atoms with E-state index in [1.54, 1.807) is 51.4 Å². The lowest BCUT2D eigenvalue weighted by atomic mass is 9.93. The molecule has 1 fully saturated rings. The Morgan fingerprint density at radius 1 is 0.794 bits per heavy atom. The van der Waals surface area contributed by atoms with E-state index in [0.717, 1.165) is 11.1 Å². The Morgan fingerprint density at radius 2 is 1.48 bits per heavy atom. The van der Waals surface area contributed by atoms with Crippen molar-refractivity contribution in [2.45, 2.75) is 70.2 Å². The standard InChI is InChI=1S/C47H53Cl2N5O9/c1-29-26-50-42(55)25-38(21-32-14-17-36(48)18-15-32)53(4)46(59)40(28-62-5)51-44(57)30(2)54(43(56)23-35(45(58)52(29)3)20-31-10-7-6-8-11-31)27-34-16-19-37(49)24-41(34)63-39-13-9-12-33(22-39)47(60)61/h6-19,22,24,29-30,35,38,40H,20-21,23,25-28H2,1-5H3,(H,50,55)(H,51,57)(H,60,61)/t29-,30-,35+,38-,40-/m0/s1. The van der Waals surface area contributed by atoms with Gasteiger partial charge in [0.05, 0.1) is 24.6 Å². The number of ether oxygens (including phenoxy) is 2. The number of nitrogens with zero attached hydrogens (tertiary/aromatic N) is 3. The van der Waals surface area contributed by atoms with Crippen LogP contribution in [-0.2, 0) is 48.1 Å². The molecule has 1 saturated heterocycles. The van der Waals surface area contributed by atoms with Crippen molar-refractivity contribution < 1.29 is 43.3 Å². The molecule has 3 N–H and O–H groups in total. The highest BCUT2D eigenvalue weighted by Gasteiger charge is 2.36. The number of methoxy groups -OCH3 is 1. The summed E-state index contributed by atoms with van der Waals surface area (Å²) in [5.41, 5.74) is 2.03. The van der Waals surface area contributed by atoms with Crippen molar-refractivity contribution >= 4 is 58.7 Å². The number of benzene rings is 4. The third kappa shape index (κ3) is 13.3. The first-order valence-electron chi connectivity index (χ1n) is 20.5. The van der Waals surface area contributed by atoms with Crippen LogP contribution in [0.3, 0.4) is 0 Å². The van der Waals surface area contributed by atoms with Gasteiger partial charge in [0.15, 0.2) is 0 Å². The number of carboxylic acid groups (broad SMARTS) is 1. The minimum atomic E-state index is -1.23. The Bertz CT molecular complexity index is 2260. The van der Waals surface area contributed by atoms with Crippen LogP contribution in [0, 0.1) is 5.92 Å². The molecule has 0 bridgehead atoms. The van der Waals surface area contributed by atoms with Crippen LogP contribution >= 0.6 is 23.2 Å². The van der Waals surface area contributed by atoms with E-state index in [1.165, 1.54) is 53.0 Å². The number of carbonyl (C=O) groups excluding carboxylic acids is 5. The molecule has 5 amide bonds. The first-order valence-corrected chi connectivity index (χ1v) is 21.3. The number of rotatable bonds is 11. The molecule has 1 aliphatic heterocycles. The lowest BCUT2D eigenvalue weighted by Crippen LogP contribution is -2.57. The van der Waals surface area contributed by atoms with E-state index in [1.807, 2.05) is 42.5 Å². The van der Waals surface area contributed by atoms with Crippen LogP contribution in [0.15, 0.2) is 97.1 Å². The van der Waals surface area contributed by atoms with Crippen LogP contribution in [0.2, 0.25) is 10.0 Å². The Balaban J connectivity index is 1.57. The molecule has 1 aliphatic rings. The molecule has 0 spiro atoms. The van der Waals surface area contributed by atoms with Gasteiger partial charge in [-0.3, -0.25) is 24.0 Å². The van der Waals surface area contributed by atoms with Gasteiger partial charge < -0.3 is 39.9 Å². The number of amides is 5. The highest BCUT2D eigenvalue weighted by Crippen LogP contribution is 2.31. The van der Waals surface area contributed by atoms with Gasteiger partial charge in [-0.2, -0.15) is 0 Å². The molecule has 4 aromatic rings. The topological polar surface area (TPSA) is 175 Å². The fourth-order valence-corrected chi connectivity index (χ4v) is 7.59. The largest absolute Gasteiger partial charge is 0.478 e. The van der Waals surface area contributed by atoms with Crippen LogP contribution in [0.25, 0.3) is 0 Å². The SMILES string of the molecule is COC[C@@H]1NC(=O)[C@H](C)N(Cc2ccc(Cl)cc2Oc2cccc(C(=O)O)c2)C(=O)C[C@@H](Cc2ccccc2)C(=O)N(C)[C@@H](C)CNC(=O)C[C@H](Cc2ccc(Cl)cc2)N(C)C1=O. The predicted octanol–water partition coefficient (Wildman–Crippen LogP) is 6.02. The predicted molar refractivity (Wildman–Crippen MR) is 239 cm³/mol. The first-order chi connectivity index (χ1) is 30.0. The molecule has 0 aromatic heterocycles. The van der Waals surface area contributed by atoms with Crippen molar-refractivity contribution in [2.75, 3.05) is 34.4 Å². The van der Waals surface area contributed by atoms with Crippen molar-refractivity contribution in [3.05, 3.63) is 129 Å². The molecule has 5 rings (SSSR count). The molecule has 334 valence electrons. The van der Waals surface area contributed by atoms with Gasteiger partial charge >= 0.3 is 5.97 Å². The maximum Gasteiger partial charge on any atom is 0.335 e.